The number of hydrogen-bond acceptors (Lipinski definition) is 4. The second kappa shape index (κ2) is 10.4. The third kappa shape index (κ3) is 5.83. The Morgan fingerprint density at radius 1 is 0.967 bits per heavy atom. The van der Waals surface area contributed by atoms with E-state index in [1.807, 2.05) is 31.2 Å². The van der Waals surface area contributed by atoms with Crippen molar-refractivity contribution < 1.29 is 19.1 Å². The molecule has 0 aliphatic heterocycles. The minimum atomic E-state index is -0.818. The van der Waals surface area contributed by atoms with E-state index in [0.29, 0.717) is 17.9 Å². The molecule has 2 aromatic rings. The number of amides is 3. The summed E-state index contributed by atoms with van der Waals surface area (Å²) in [6, 6.07) is 14.1. The van der Waals surface area contributed by atoms with Crippen LogP contribution in [-0.2, 0) is 16.1 Å². The molecule has 7 heteroatoms. The van der Waals surface area contributed by atoms with E-state index in [-0.39, 0.29) is 18.5 Å². The summed E-state index contributed by atoms with van der Waals surface area (Å²) in [6.45, 7) is 2.70. The Hall–Kier alpha value is -3.35. The van der Waals surface area contributed by atoms with Crippen molar-refractivity contribution in [2.45, 2.75) is 45.2 Å². The summed E-state index contributed by atoms with van der Waals surface area (Å²) in [5.74, 6) is -1.08. The number of carbonyl (C=O) groups excluding carboxylic acids is 3. The zero-order chi connectivity index (χ0) is 21.3. The Kier molecular flexibility index (Phi) is 7.43. The van der Waals surface area contributed by atoms with Crippen LogP contribution < -0.4 is 20.7 Å². The van der Waals surface area contributed by atoms with Gasteiger partial charge in [-0.3, -0.25) is 14.4 Å². The van der Waals surface area contributed by atoms with E-state index in [1.165, 1.54) is 0 Å². The van der Waals surface area contributed by atoms with Crippen molar-refractivity contribution >= 4 is 23.4 Å². The quantitative estimate of drug-likeness (QED) is 0.613. The summed E-state index contributed by atoms with van der Waals surface area (Å²) in [4.78, 5) is 37.1. The second-order valence-corrected chi connectivity index (χ2v) is 7.21. The standard InChI is InChI=1S/C23H27N3O4/c1-2-30-18-13-11-16(12-14-18)15-24-22(28)23(29)26-20-10-6-5-9-19(20)21(27)25-17-7-3-4-8-17/h5-6,9-14,17H,2-4,7-8,15H2,1H3,(H,24,28)(H,25,27)(H,26,29). The zero-order valence-electron chi connectivity index (χ0n) is 17.1. The van der Waals surface area contributed by atoms with E-state index >= 15 is 0 Å². The fraction of sp³-hybridized carbons (Fsp3) is 0.348. The fourth-order valence-electron chi connectivity index (χ4n) is 3.44. The number of ether oxygens (including phenoxy) is 1. The first-order valence-electron chi connectivity index (χ1n) is 10.3. The first kappa shape index (κ1) is 21.4. The largest absolute Gasteiger partial charge is 0.494 e. The van der Waals surface area contributed by atoms with Crippen LogP contribution in [0, 0.1) is 0 Å². The van der Waals surface area contributed by atoms with E-state index in [4.69, 9.17) is 4.74 Å². The van der Waals surface area contributed by atoms with Crippen LogP contribution in [0.2, 0.25) is 0 Å². The molecule has 0 atom stereocenters. The number of nitrogens with one attached hydrogen (secondary N) is 3. The predicted octanol–water partition coefficient (Wildman–Crippen LogP) is 3.01. The fourth-order valence-corrected chi connectivity index (χ4v) is 3.44. The van der Waals surface area contributed by atoms with E-state index in [1.54, 1.807) is 24.3 Å². The van der Waals surface area contributed by atoms with Gasteiger partial charge in [-0.1, -0.05) is 37.1 Å². The minimum Gasteiger partial charge on any atom is -0.494 e. The predicted molar refractivity (Wildman–Crippen MR) is 114 cm³/mol. The van der Waals surface area contributed by atoms with Gasteiger partial charge in [0.05, 0.1) is 17.9 Å². The van der Waals surface area contributed by atoms with Gasteiger partial charge in [0.15, 0.2) is 0 Å². The minimum absolute atomic E-state index is 0.165. The van der Waals surface area contributed by atoms with Crippen molar-refractivity contribution in [3.8, 4) is 5.75 Å². The van der Waals surface area contributed by atoms with Crippen LogP contribution in [0.25, 0.3) is 0 Å². The highest BCUT2D eigenvalue weighted by Gasteiger charge is 2.21. The first-order valence-corrected chi connectivity index (χ1v) is 10.3. The Morgan fingerprint density at radius 2 is 1.67 bits per heavy atom. The highest BCUT2D eigenvalue weighted by molar-refractivity contribution is 6.40. The molecule has 3 N–H and O–H groups in total. The van der Waals surface area contributed by atoms with Gasteiger partial charge < -0.3 is 20.7 Å². The van der Waals surface area contributed by atoms with Crippen LogP contribution in [-0.4, -0.2) is 30.4 Å². The molecule has 2 aromatic carbocycles. The van der Waals surface area contributed by atoms with Crippen LogP contribution in [0.3, 0.4) is 0 Å². The highest BCUT2D eigenvalue weighted by Crippen LogP contribution is 2.20. The van der Waals surface area contributed by atoms with Gasteiger partial charge in [0.1, 0.15) is 5.75 Å². The van der Waals surface area contributed by atoms with Gasteiger partial charge in [0, 0.05) is 12.6 Å². The summed E-state index contributed by atoms with van der Waals surface area (Å²) < 4.78 is 5.38. The van der Waals surface area contributed by atoms with Crippen molar-refractivity contribution in [2.24, 2.45) is 0 Å². The molecular weight excluding hydrogens is 382 g/mol. The molecule has 0 saturated heterocycles. The average molecular weight is 409 g/mol. The van der Waals surface area contributed by atoms with Gasteiger partial charge in [-0.05, 0) is 49.6 Å². The van der Waals surface area contributed by atoms with E-state index in [9.17, 15) is 14.4 Å². The molecule has 0 aromatic heterocycles. The molecular formula is C23H27N3O4. The lowest BCUT2D eigenvalue weighted by Gasteiger charge is -2.15. The molecule has 3 amide bonds. The van der Waals surface area contributed by atoms with Gasteiger partial charge in [-0.25, -0.2) is 0 Å². The molecule has 0 spiro atoms. The van der Waals surface area contributed by atoms with Crippen molar-refractivity contribution in [2.75, 3.05) is 11.9 Å². The lowest BCUT2D eigenvalue weighted by Crippen LogP contribution is -2.36. The van der Waals surface area contributed by atoms with Gasteiger partial charge >= 0.3 is 11.8 Å². The normalized spacial score (nSPS) is 13.5. The molecule has 7 nitrogen and oxygen atoms in total. The van der Waals surface area contributed by atoms with Gasteiger partial charge in [-0.15, -0.1) is 0 Å². The van der Waals surface area contributed by atoms with E-state index in [0.717, 1.165) is 37.0 Å². The third-order valence-corrected chi connectivity index (χ3v) is 5.00. The molecule has 1 fully saturated rings. The average Bonchev–Trinajstić information content (AvgIpc) is 3.26. The summed E-state index contributed by atoms with van der Waals surface area (Å²) in [7, 11) is 0. The molecule has 158 valence electrons. The van der Waals surface area contributed by atoms with Gasteiger partial charge in [0.2, 0.25) is 0 Å². The lowest BCUT2D eigenvalue weighted by molar-refractivity contribution is -0.136. The molecule has 3 rings (SSSR count). The smallest absolute Gasteiger partial charge is 0.313 e. The molecule has 0 radical (unpaired) electrons. The monoisotopic (exact) mass is 409 g/mol. The number of anilines is 1. The maximum Gasteiger partial charge on any atom is 0.313 e. The lowest BCUT2D eigenvalue weighted by atomic mass is 10.1. The first-order chi connectivity index (χ1) is 14.6. The maximum absolute atomic E-state index is 12.6. The molecule has 0 heterocycles. The van der Waals surface area contributed by atoms with Crippen LogP contribution in [0.1, 0.15) is 48.5 Å². The van der Waals surface area contributed by atoms with Crippen LogP contribution in [0.4, 0.5) is 5.69 Å². The second-order valence-electron chi connectivity index (χ2n) is 7.21. The molecule has 0 unspecified atom stereocenters. The molecule has 1 aliphatic rings. The highest BCUT2D eigenvalue weighted by atomic mass is 16.5. The van der Waals surface area contributed by atoms with Crippen LogP contribution in [0.5, 0.6) is 5.75 Å². The van der Waals surface area contributed by atoms with E-state index in [2.05, 4.69) is 16.0 Å². The van der Waals surface area contributed by atoms with Crippen LogP contribution >= 0.6 is 0 Å². The molecule has 1 saturated carbocycles. The van der Waals surface area contributed by atoms with E-state index < -0.39 is 11.8 Å². The number of hydrogen-bond donors (Lipinski definition) is 3. The third-order valence-electron chi connectivity index (χ3n) is 5.00. The molecule has 30 heavy (non-hydrogen) atoms. The Labute approximate surface area is 176 Å². The number of para-hydroxylation sites is 1. The summed E-state index contributed by atoms with van der Waals surface area (Å²) in [5.41, 5.74) is 1.50. The van der Waals surface area contributed by atoms with Crippen molar-refractivity contribution in [3.63, 3.8) is 0 Å². The molecule has 0 bridgehead atoms. The van der Waals surface area contributed by atoms with Crippen molar-refractivity contribution in [1.82, 2.24) is 10.6 Å². The van der Waals surface area contributed by atoms with Crippen molar-refractivity contribution in [1.29, 1.82) is 0 Å². The summed E-state index contributed by atoms with van der Waals surface area (Å²) in [5, 5.41) is 8.13. The Bertz CT molecular complexity index is 890. The van der Waals surface area contributed by atoms with Crippen LogP contribution in [0.15, 0.2) is 48.5 Å². The number of benzene rings is 2. The Morgan fingerprint density at radius 3 is 2.37 bits per heavy atom. The Balaban J connectivity index is 1.55. The SMILES string of the molecule is CCOc1ccc(CNC(=O)C(=O)Nc2ccccc2C(=O)NC2CCCC2)cc1. The number of carbonyl (C=O) groups is 3. The van der Waals surface area contributed by atoms with Crippen molar-refractivity contribution in [3.05, 3.63) is 59.7 Å². The zero-order valence-corrected chi connectivity index (χ0v) is 17.1. The number of rotatable bonds is 7. The topological polar surface area (TPSA) is 96.5 Å². The van der Waals surface area contributed by atoms with Gasteiger partial charge in [0.25, 0.3) is 5.91 Å². The summed E-state index contributed by atoms with van der Waals surface area (Å²) >= 11 is 0. The summed E-state index contributed by atoms with van der Waals surface area (Å²) in [6.07, 6.45) is 4.15. The molecule has 1 aliphatic carbocycles. The van der Waals surface area contributed by atoms with Gasteiger partial charge in [-0.2, -0.15) is 0 Å². The maximum atomic E-state index is 12.6.